The molecule has 0 saturated carbocycles. The first-order chi connectivity index (χ1) is 7.75. The van der Waals surface area contributed by atoms with Crippen LogP contribution in [0.25, 0.3) is 0 Å². The lowest BCUT2D eigenvalue weighted by Crippen LogP contribution is -2.29. The summed E-state index contributed by atoms with van der Waals surface area (Å²) in [5, 5.41) is 1.59. The van der Waals surface area contributed by atoms with Gasteiger partial charge in [0.05, 0.1) is 12.2 Å². The summed E-state index contributed by atoms with van der Waals surface area (Å²) < 4.78 is 12.7. The Balaban J connectivity index is 0.00000144. The van der Waals surface area contributed by atoms with Gasteiger partial charge in [-0.1, -0.05) is 30.3 Å². The van der Waals surface area contributed by atoms with Crippen molar-refractivity contribution >= 4 is 18.1 Å². The van der Waals surface area contributed by atoms with Gasteiger partial charge in [0.15, 0.2) is 0 Å². The third-order valence-corrected chi connectivity index (χ3v) is 2.35. The number of hydrogen-bond donors (Lipinski definition) is 1. The zero-order chi connectivity index (χ0) is 11.4. The second kappa shape index (κ2) is 6.23. The van der Waals surface area contributed by atoms with E-state index in [1.165, 1.54) is 12.1 Å². The summed E-state index contributed by atoms with van der Waals surface area (Å²) in [5.74, 6) is 5.64. The zero-order valence-corrected chi connectivity index (χ0v) is 10.0. The Morgan fingerprint density at radius 2 is 1.53 bits per heavy atom. The summed E-state index contributed by atoms with van der Waals surface area (Å²) >= 11 is 0. The molecule has 2 aromatic carbocycles. The van der Waals surface area contributed by atoms with Crippen LogP contribution in [-0.2, 0) is 6.54 Å². The fourth-order valence-electron chi connectivity index (χ4n) is 1.50. The van der Waals surface area contributed by atoms with E-state index in [0.29, 0.717) is 6.54 Å². The van der Waals surface area contributed by atoms with Gasteiger partial charge in [-0.2, -0.15) is 0 Å². The minimum atomic E-state index is -0.253. The van der Waals surface area contributed by atoms with Crippen LogP contribution in [0.4, 0.5) is 10.1 Å². The second-order valence-electron chi connectivity index (χ2n) is 3.59. The second-order valence-corrected chi connectivity index (χ2v) is 3.59. The molecule has 0 aliphatic rings. The van der Waals surface area contributed by atoms with E-state index in [-0.39, 0.29) is 18.2 Å². The highest BCUT2D eigenvalue weighted by Gasteiger charge is 2.02. The minimum absolute atomic E-state index is 0. The minimum Gasteiger partial charge on any atom is -0.307 e. The number of halogens is 2. The summed E-state index contributed by atoms with van der Waals surface area (Å²) in [6.45, 7) is 0.604. The van der Waals surface area contributed by atoms with Crippen LogP contribution in [0.3, 0.4) is 0 Å². The fraction of sp³-hybridized carbons (Fsp3) is 0.0769. The van der Waals surface area contributed by atoms with Crippen molar-refractivity contribution in [3.05, 3.63) is 66.0 Å². The lowest BCUT2D eigenvalue weighted by atomic mass is 10.2. The Morgan fingerprint density at radius 3 is 2.12 bits per heavy atom. The van der Waals surface area contributed by atoms with Crippen molar-refractivity contribution in [1.82, 2.24) is 0 Å². The van der Waals surface area contributed by atoms with Crippen molar-refractivity contribution in [1.29, 1.82) is 0 Å². The highest BCUT2D eigenvalue weighted by atomic mass is 35.5. The van der Waals surface area contributed by atoms with E-state index in [1.54, 1.807) is 17.1 Å². The van der Waals surface area contributed by atoms with Crippen LogP contribution in [0.1, 0.15) is 5.56 Å². The first-order valence-electron chi connectivity index (χ1n) is 5.07. The third kappa shape index (κ3) is 3.73. The van der Waals surface area contributed by atoms with Crippen LogP contribution in [0, 0.1) is 5.82 Å². The van der Waals surface area contributed by atoms with Crippen molar-refractivity contribution in [3.63, 3.8) is 0 Å². The van der Waals surface area contributed by atoms with Gasteiger partial charge in [0, 0.05) is 0 Å². The Kier molecular flexibility index (Phi) is 4.94. The molecule has 0 aromatic heterocycles. The molecule has 0 saturated heterocycles. The monoisotopic (exact) mass is 252 g/mol. The number of hydrazine groups is 1. The molecule has 0 atom stereocenters. The van der Waals surface area contributed by atoms with Crippen molar-refractivity contribution in [2.45, 2.75) is 6.54 Å². The molecule has 4 heteroatoms. The van der Waals surface area contributed by atoms with Crippen molar-refractivity contribution in [2.75, 3.05) is 5.01 Å². The molecule has 2 rings (SSSR count). The van der Waals surface area contributed by atoms with E-state index in [1.807, 2.05) is 30.3 Å². The van der Waals surface area contributed by atoms with Gasteiger partial charge in [0.25, 0.3) is 0 Å². The van der Waals surface area contributed by atoms with Gasteiger partial charge < -0.3 is 5.01 Å². The van der Waals surface area contributed by atoms with Crippen LogP contribution >= 0.6 is 12.4 Å². The van der Waals surface area contributed by atoms with Gasteiger partial charge in [-0.25, -0.2) is 10.2 Å². The molecule has 2 nitrogen and oxygen atoms in total. The largest absolute Gasteiger partial charge is 0.307 e. The van der Waals surface area contributed by atoms with Gasteiger partial charge in [0.2, 0.25) is 0 Å². The van der Waals surface area contributed by atoms with E-state index < -0.39 is 0 Å². The number of anilines is 1. The highest BCUT2D eigenvalue weighted by Crippen LogP contribution is 2.14. The average Bonchev–Trinajstić information content (AvgIpc) is 2.31. The molecule has 0 aliphatic heterocycles. The van der Waals surface area contributed by atoms with Gasteiger partial charge in [-0.3, -0.25) is 0 Å². The lowest BCUT2D eigenvalue weighted by Gasteiger charge is -2.18. The predicted octanol–water partition coefficient (Wildman–Crippen LogP) is 3.13. The maximum Gasteiger partial charge on any atom is 0.123 e. The molecule has 17 heavy (non-hydrogen) atoms. The predicted molar refractivity (Wildman–Crippen MR) is 70.5 cm³/mol. The fourth-order valence-corrected chi connectivity index (χ4v) is 1.50. The van der Waals surface area contributed by atoms with Crippen molar-refractivity contribution < 1.29 is 4.39 Å². The first kappa shape index (κ1) is 13.5. The summed E-state index contributed by atoms with van der Waals surface area (Å²) in [7, 11) is 0. The average molecular weight is 253 g/mol. The van der Waals surface area contributed by atoms with Gasteiger partial charge in [-0.15, -0.1) is 12.4 Å². The van der Waals surface area contributed by atoms with Crippen LogP contribution in [0.2, 0.25) is 0 Å². The number of nitrogens with two attached hydrogens (primary N) is 1. The molecule has 0 spiro atoms. The van der Waals surface area contributed by atoms with Crippen LogP contribution in [0.5, 0.6) is 0 Å². The Bertz CT molecular complexity index is 445. The van der Waals surface area contributed by atoms with Gasteiger partial charge in [-0.05, 0) is 29.8 Å². The molecule has 0 heterocycles. The number of rotatable bonds is 3. The topological polar surface area (TPSA) is 29.3 Å². The maximum atomic E-state index is 12.7. The molecular formula is C13H14ClFN2. The Hall–Kier alpha value is -1.58. The van der Waals surface area contributed by atoms with E-state index in [0.717, 1.165) is 11.3 Å². The molecule has 2 aromatic rings. The van der Waals surface area contributed by atoms with E-state index in [4.69, 9.17) is 5.84 Å². The smallest absolute Gasteiger partial charge is 0.123 e. The maximum absolute atomic E-state index is 12.7. The summed E-state index contributed by atoms with van der Waals surface area (Å²) in [5.41, 5.74) is 1.92. The van der Waals surface area contributed by atoms with Crippen LogP contribution in [-0.4, -0.2) is 0 Å². The quantitative estimate of drug-likeness (QED) is 0.672. The van der Waals surface area contributed by atoms with Crippen LogP contribution in [0.15, 0.2) is 54.6 Å². The SMILES string of the molecule is Cl.NN(Cc1ccccc1)c1ccc(F)cc1. The van der Waals surface area contributed by atoms with Crippen molar-refractivity contribution in [2.24, 2.45) is 5.84 Å². The third-order valence-electron chi connectivity index (χ3n) is 2.35. The molecule has 0 aliphatic carbocycles. The normalized spacial score (nSPS) is 9.53. The Labute approximate surface area is 106 Å². The van der Waals surface area contributed by atoms with E-state index in [9.17, 15) is 4.39 Å². The molecule has 90 valence electrons. The van der Waals surface area contributed by atoms with Crippen LogP contribution < -0.4 is 10.9 Å². The molecule has 0 bridgehead atoms. The zero-order valence-electron chi connectivity index (χ0n) is 9.21. The molecular weight excluding hydrogens is 239 g/mol. The van der Waals surface area contributed by atoms with Gasteiger partial charge >= 0.3 is 0 Å². The number of benzene rings is 2. The first-order valence-corrected chi connectivity index (χ1v) is 5.07. The lowest BCUT2D eigenvalue weighted by molar-refractivity contribution is 0.627. The van der Waals surface area contributed by atoms with E-state index in [2.05, 4.69) is 0 Å². The van der Waals surface area contributed by atoms with Crippen molar-refractivity contribution in [3.8, 4) is 0 Å². The standard InChI is InChI=1S/C13H13FN2.ClH/c14-12-6-8-13(9-7-12)16(15)10-11-4-2-1-3-5-11;/h1-9H,10,15H2;1H. The molecule has 0 unspecified atom stereocenters. The highest BCUT2D eigenvalue weighted by molar-refractivity contribution is 5.85. The molecule has 0 fully saturated rings. The Morgan fingerprint density at radius 1 is 0.941 bits per heavy atom. The number of hydrogen-bond acceptors (Lipinski definition) is 2. The van der Waals surface area contributed by atoms with E-state index >= 15 is 0 Å². The van der Waals surface area contributed by atoms with Gasteiger partial charge in [0.1, 0.15) is 5.82 Å². The summed E-state index contributed by atoms with van der Waals surface area (Å²) in [4.78, 5) is 0. The molecule has 2 N–H and O–H groups in total. The molecule has 0 amide bonds. The number of nitrogens with zero attached hydrogens (tertiary/aromatic N) is 1. The summed E-state index contributed by atoms with van der Waals surface area (Å²) in [6.07, 6.45) is 0. The molecule has 0 radical (unpaired) electrons. The summed E-state index contributed by atoms with van der Waals surface area (Å²) in [6, 6.07) is 16.0.